The topological polar surface area (TPSA) is 66.6 Å². The molecule has 0 radical (unpaired) electrons. The van der Waals surface area contributed by atoms with Gasteiger partial charge < -0.3 is 5.11 Å². The van der Waals surface area contributed by atoms with E-state index in [0.29, 0.717) is 18.7 Å². The molecule has 1 aromatic carbocycles. The Balaban J connectivity index is 1.82. The largest absolute Gasteiger partial charge is 0.387 e. The van der Waals surface area contributed by atoms with Crippen molar-refractivity contribution in [1.29, 1.82) is 0 Å². The molecule has 104 valence electrons. The lowest BCUT2D eigenvalue weighted by molar-refractivity contribution is -0.385. The fourth-order valence-electron chi connectivity index (χ4n) is 2.57. The van der Waals surface area contributed by atoms with E-state index >= 15 is 0 Å². The molecule has 2 aromatic rings. The van der Waals surface area contributed by atoms with E-state index in [1.165, 1.54) is 6.07 Å². The van der Waals surface area contributed by atoms with Crippen molar-refractivity contribution in [2.75, 3.05) is 6.54 Å². The number of fused-ring (bicyclic) bond motifs is 1. The highest BCUT2D eigenvalue weighted by Crippen LogP contribution is 2.32. The first-order chi connectivity index (χ1) is 9.65. The molecule has 1 N–H and O–H groups in total. The SMILES string of the molecule is O=[N+]([O-])c1ccccc1CN1Cc2sccc2C(O)C1. The molecule has 0 saturated carbocycles. The van der Waals surface area contributed by atoms with E-state index in [1.54, 1.807) is 29.5 Å². The van der Waals surface area contributed by atoms with Gasteiger partial charge in [0.1, 0.15) is 0 Å². The summed E-state index contributed by atoms with van der Waals surface area (Å²) in [4.78, 5) is 13.9. The van der Waals surface area contributed by atoms with E-state index in [2.05, 4.69) is 0 Å². The summed E-state index contributed by atoms with van der Waals surface area (Å²) in [5, 5.41) is 23.1. The van der Waals surface area contributed by atoms with E-state index < -0.39 is 6.10 Å². The molecule has 1 aromatic heterocycles. The van der Waals surface area contributed by atoms with Crippen LogP contribution in [0.4, 0.5) is 5.69 Å². The summed E-state index contributed by atoms with van der Waals surface area (Å²) in [5.74, 6) is 0. The third kappa shape index (κ3) is 2.45. The van der Waals surface area contributed by atoms with Crippen LogP contribution in [0.15, 0.2) is 35.7 Å². The lowest BCUT2D eigenvalue weighted by atomic mass is 10.0. The Morgan fingerprint density at radius 1 is 1.40 bits per heavy atom. The van der Waals surface area contributed by atoms with Crippen LogP contribution in [0.25, 0.3) is 0 Å². The number of thiophene rings is 1. The minimum absolute atomic E-state index is 0.138. The summed E-state index contributed by atoms with van der Waals surface area (Å²) >= 11 is 1.62. The second kappa shape index (κ2) is 5.32. The zero-order chi connectivity index (χ0) is 14.1. The number of aliphatic hydroxyl groups is 1. The number of nitrogens with zero attached hydrogens (tertiary/aromatic N) is 2. The normalized spacial score (nSPS) is 18.8. The van der Waals surface area contributed by atoms with Gasteiger partial charge in [-0.15, -0.1) is 11.3 Å². The number of hydrogen-bond acceptors (Lipinski definition) is 5. The molecule has 6 heteroatoms. The first kappa shape index (κ1) is 13.2. The quantitative estimate of drug-likeness (QED) is 0.697. The average molecular weight is 290 g/mol. The van der Waals surface area contributed by atoms with Crippen molar-refractivity contribution in [3.63, 3.8) is 0 Å². The van der Waals surface area contributed by atoms with Crippen LogP contribution in [-0.4, -0.2) is 21.5 Å². The number of para-hydroxylation sites is 1. The third-order valence-electron chi connectivity index (χ3n) is 3.52. The van der Waals surface area contributed by atoms with Crippen molar-refractivity contribution in [3.8, 4) is 0 Å². The van der Waals surface area contributed by atoms with Crippen molar-refractivity contribution >= 4 is 17.0 Å². The summed E-state index contributed by atoms with van der Waals surface area (Å²) < 4.78 is 0. The number of nitro benzene ring substituents is 1. The van der Waals surface area contributed by atoms with Crippen LogP contribution in [0.2, 0.25) is 0 Å². The number of nitro groups is 1. The standard InChI is InChI=1S/C14H14N2O3S/c17-13-8-15(9-14-11(13)5-6-20-14)7-10-3-1-2-4-12(10)16(18)19/h1-6,13,17H,7-9H2. The summed E-state index contributed by atoms with van der Waals surface area (Å²) in [5.41, 5.74) is 1.82. The van der Waals surface area contributed by atoms with Crippen molar-refractivity contribution < 1.29 is 10.0 Å². The number of rotatable bonds is 3. The summed E-state index contributed by atoms with van der Waals surface area (Å²) in [6.45, 7) is 1.72. The predicted molar refractivity (Wildman–Crippen MR) is 76.5 cm³/mol. The second-order valence-corrected chi connectivity index (χ2v) is 5.87. The molecule has 0 amide bonds. The summed E-state index contributed by atoms with van der Waals surface area (Å²) in [6, 6.07) is 8.72. The van der Waals surface area contributed by atoms with Crippen LogP contribution < -0.4 is 0 Å². The van der Waals surface area contributed by atoms with E-state index in [4.69, 9.17) is 0 Å². The van der Waals surface area contributed by atoms with Crippen LogP contribution >= 0.6 is 11.3 Å². The third-order valence-corrected chi connectivity index (χ3v) is 4.44. The maximum absolute atomic E-state index is 11.0. The van der Waals surface area contributed by atoms with Gasteiger partial charge in [0.25, 0.3) is 5.69 Å². The van der Waals surface area contributed by atoms with Gasteiger partial charge in [-0.25, -0.2) is 0 Å². The highest BCUT2D eigenvalue weighted by molar-refractivity contribution is 7.10. The minimum atomic E-state index is -0.507. The average Bonchev–Trinajstić information content (AvgIpc) is 2.88. The van der Waals surface area contributed by atoms with Gasteiger partial charge in [0.2, 0.25) is 0 Å². The number of benzene rings is 1. The molecule has 0 bridgehead atoms. The fraction of sp³-hybridized carbons (Fsp3) is 0.286. The molecule has 0 fully saturated rings. The molecule has 3 rings (SSSR count). The summed E-state index contributed by atoms with van der Waals surface area (Å²) in [6.07, 6.45) is -0.507. The molecule has 0 aliphatic carbocycles. The van der Waals surface area contributed by atoms with E-state index in [0.717, 1.165) is 17.0 Å². The van der Waals surface area contributed by atoms with Crippen molar-refractivity contribution in [2.24, 2.45) is 0 Å². The Labute approximate surface area is 120 Å². The van der Waals surface area contributed by atoms with Gasteiger partial charge in [0.05, 0.1) is 11.0 Å². The fourth-order valence-corrected chi connectivity index (χ4v) is 3.55. The van der Waals surface area contributed by atoms with Gasteiger partial charge in [0, 0.05) is 36.1 Å². The van der Waals surface area contributed by atoms with Gasteiger partial charge in [-0.2, -0.15) is 0 Å². The Morgan fingerprint density at radius 3 is 3.00 bits per heavy atom. The molecule has 2 heterocycles. The molecule has 1 atom stereocenters. The van der Waals surface area contributed by atoms with Gasteiger partial charge >= 0.3 is 0 Å². The highest BCUT2D eigenvalue weighted by atomic mass is 32.1. The van der Waals surface area contributed by atoms with E-state index in [9.17, 15) is 15.2 Å². The Morgan fingerprint density at radius 2 is 2.20 bits per heavy atom. The van der Waals surface area contributed by atoms with Gasteiger partial charge in [-0.1, -0.05) is 18.2 Å². The van der Waals surface area contributed by atoms with Crippen LogP contribution in [0, 0.1) is 10.1 Å². The molecule has 5 nitrogen and oxygen atoms in total. The lowest BCUT2D eigenvalue weighted by Gasteiger charge is -2.30. The molecule has 1 aliphatic heterocycles. The Hall–Kier alpha value is -1.76. The minimum Gasteiger partial charge on any atom is -0.387 e. The first-order valence-electron chi connectivity index (χ1n) is 6.34. The number of aliphatic hydroxyl groups excluding tert-OH is 1. The van der Waals surface area contributed by atoms with Gasteiger partial charge in [-0.05, 0) is 17.0 Å². The first-order valence-corrected chi connectivity index (χ1v) is 7.22. The zero-order valence-electron chi connectivity index (χ0n) is 10.7. The van der Waals surface area contributed by atoms with Crippen LogP contribution in [-0.2, 0) is 13.1 Å². The highest BCUT2D eigenvalue weighted by Gasteiger charge is 2.26. The van der Waals surface area contributed by atoms with Crippen molar-refractivity contribution in [3.05, 3.63) is 61.8 Å². The monoisotopic (exact) mass is 290 g/mol. The van der Waals surface area contributed by atoms with Crippen molar-refractivity contribution in [2.45, 2.75) is 19.2 Å². The molecular formula is C14H14N2O3S. The van der Waals surface area contributed by atoms with E-state index in [-0.39, 0.29) is 10.6 Å². The smallest absolute Gasteiger partial charge is 0.273 e. The molecule has 0 spiro atoms. The zero-order valence-corrected chi connectivity index (χ0v) is 11.5. The molecule has 1 unspecified atom stereocenters. The Kier molecular flexibility index (Phi) is 3.52. The van der Waals surface area contributed by atoms with Crippen LogP contribution in [0.1, 0.15) is 22.1 Å². The molecule has 0 saturated heterocycles. The lowest BCUT2D eigenvalue weighted by Crippen LogP contribution is -2.32. The number of hydrogen-bond donors (Lipinski definition) is 1. The molecule has 20 heavy (non-hydrogen) atoms. The molecular weight excluding hydrogens is 276 g/mol. The van der Waals surface area contributed by atoms with E-state index in [1.807, 2.05) is 16.3 Å². The molecule has 1 aliphatic rings. The predicted octanol–water partition coefficient (Wildman–Crippen LogP) is 2.71. The maximum atomic E-state index is 11.0. The van der Waals surface area contributed by atoms with Crippen LogP contribution in [0.5, 0.6) is 0 Å². The Bertz CT molecular complexity index is 641. The van der Waals surface area contributed by atoms with Crippen molar-refractivity contribution in [1.82, 2.24) is 4.90 Å². The number of β-amino-alcohol motifs (C(OH)–C–C–N with tert-alkyl or cyclic N) is 1. The van der Waals surface area contributed by atoms with Gasteiger partial charge in [0.15, 0.2) is 0 Å². The van der Waals surface area contributed by atoms with Gasteiger partial charge in [-0.3, -0.25) is 15.0 Å². The maximum Gasteiger partial charge on any atom is 0.273 e. The second-order valence-electron chi connectivity index (χ2n) is 4.87. The summed E-state index contributed by atoms with van der Waals surface area (Å²) in [7, 11) is 0. The van der Waals surface area contributed by atoms with Crippen LogP contribution in [0.3, 0.4) is 0 Å².